The molecule has 12 heteroatoms. The zero-order valence-electron chi connectivity index (χ0n) is 22.9. The number of carboxylic acid groups (broad SMARTS) is 1. The summed E-state index contributed by atoms with van der Waals surface area (Å²) in [6.07, 6.45) is -1.61. The lowest BCUT2D eigenvalue weighted by Gasteiger charge is -2.39. The van der Waals surface area contributed by atoms with E-state index in [-0.39, 0.29) is 17.8 Å². The Morgan fingerprint density at radius 2 is 1.62 bits per heavy atom. The van der Waals surface area contributed by atoms with Crippen LogP contribution in [-0.4, -0.2) is 59.0 Å². The fourth-order valence-electron chi connectivity index (χ4n) is 5.82. The summed E-state index contributed by atoms with van der Waals surface area (Å²) in [6.45, 7) is 1.33. The molecule has 2 aromatic carbocycles. The Labute approximate surface area is 240 Å². The van der Waals surface area contributed by atoms with E-state index in [1.807, 2.05) is 0 Å². The van der Waals surface area contributed by atoms with E-state index in [0.717, 1.165) is 12.1 Å². The first-order valence-corrected chi connectivity index (χ1v) is 13.8. The Morgan fingerprint density at radius 3 is 2.24 bits per heavy atom. The van der Waals surface area contributed by atoms with Gasteiger partial charge in [0.05, 0.1) is 11.8 Å². The van der Waals surface area contributed by atoms with Crippen LogP contribution < -0.4 is 10.2 Å². The fraction of sp³-hybridized carbons (Fsp3) is 0.400. The summed E-state index contributed by atoms with van der Waals surface area (Å²) in [4.78, 5) is 45.0. The van der Waals surface area contributed by atoms with Crippen LogP contribution in [-0.2, 0) is 15.8 Å². The number of amides is 2. The summed E-state index contributed by atoms with van der Waals surface area (Å²) in [5, 5.41) is 11.9. The molecule has 1 aliphatic carbocycles. The number of alkyl halides is 3. The molecule has 0 spiro atoms. The van der Waals surface area contributed by atoms with Crippen molar-refractivity contribution in [3.63, 3.8) is 0 Å². The molecule has 3 aromatic rings. The van der Waals surface area contributed by atoms with Crippen LogP contribution in [0, 0.1) is 11.8 Å². The van der Waals surface area contributed by atoms with E-state index in [4.69, 9.17) is 4.42 Å². The normalized spacial score (nSPS) is 19.5. The predicted molar refractivity (Wildman–Crippen MR) is 148 cm³/mol. The lowest BCUT2D eigenvalue weighted by Crippen LogP contribution is -2.48. The van der Waals surface area contributed by atoms with Gasteiger partial charge in [-0.05, 0) is 62.1 Å². The molecule has 2 amide bonds. The van der Waals surface area contributed by atoms with Crippen LogP contribution in [0.5, 0.6) is 0 Å². The van der Waals surface area contributed by atoms with Crippen LogP contribution in [0.1, 0.15) is 48.4 Å². The van der Waals surface area contributed by atoms with Gasteiger partial charge in [-0.1, -0.05) is 24.6 Å². The van der Waals surface area contributed by atoms with Crippen molar-refractivity contribution in [1.29, 1.82) is 0 Å². The van der Waals surface area contributed by atoms with Crippen LogP contribution in [0.3, 0.4) is 0 Å². The molecule has 2 atom stereocenters. The van der Waals surface area contributed by atoms with Crippen molar-refractivity contribution in [2.75, 3.05) is 30.4 Å². The largest absolute Gasteiger partial charge is 0.481 e. The number of aromatic nitrogens is 1. The predicted octanol–water partition coefficient (Wildman–Crippen LogP) is 5.54. The zero-order chi connectivity index (χ0) is 30.0. The van der Waals surface area contributed by atoms with Crippen molar-refractivity contribution in [1.82, 2.24) is 9.88 Å². The minimum Gasteiger partial charge on any atom is -0.481 e. The lowest BCUT2D eigenvalue weighted by atomic mass is 9.93. The highest BCUT2D eigenvalue weighted by Crippen LogP contribution is 2.36. The number of carboxylic acids is 1. The maximum Gasteiger partial charge on any atom is 0.452 e. The molecule has 2 heterocycles. The molecule has 1 saturated heterocycles. The lowest BCUT2D eigenvalue weighted by molar-refractivity contribution is -0.153. The van der Waals surface area contributed by atoms with Crippen molar-refractivity contribution in [2.24, 2.45) is 11.8 Å². The molecule has 1 aromatic heterocycles. The number of aliphatic carboxylic acids is 1. The number of piperidine rings is 1. The zero-order valence-corrected chi connectivity index (χ0v) is 22.9. The van der Waals surface area contributed by atoms with E-state index in [1.165, 1.54) is 12.1 Å². The monoisotopic (exact) mass is 584 g/mol. The van der Waals surface area contributed by atoms with Crippen molar-refractivity contribution < 1.29 is 37.1 Å². The number of hydrogen-bond acceptors (Lipinski definition) is 6. The van der Waals surface area contributed by atoms with Gasteiger partial charge in [0.2, 0.25) is 17.6 Å². The average molecular weight is 585 g/mol. The number of halogens is 3. The number of anilines is 2. The Bertz CT molecular complexity index is 1430. The SMILES string of the molecule is CN(C(=O)C1CCC[C@H]1C(=O)O)C1CCN(c2ccc(NC(=O)c3nc(-c4ccccc4)oc3C(F)(F)F)cc2)CC1. The summed E-state index contributed by atoms with van der Waals surface area (Å²) < 4.78 is 45.8. The Balaban J connectivity index is 1.20. The van der Waals surface area contributed by atoms with Crippen LogP contribution >= 0.6 is 0 Å². The van der Waals surface area contributed by atoms with E-state index in [9.17, 15) is 32.7 Å². The molecule has 1 aliphatic heterocycles. The van der Waals surface area contributed by atoms with E-state index in [2.05, 4.69) is 15.2 Å². The van der Waals surface area contributed by atoms with Gasteiger partial charge < -0.3 is 24.6 Å². The van der Waals surface area contributed by atoms with Crippen LogP contribution in [0.2, 0.25) is 0 Å². The smallest absolute Gasteiger partial charge is 0.452 e. The van der Waals surface area contributed by atoms with E-state index in [0.29, 0.717) is 50.0 Å². The molecule has 5 rings (SSSR count). The minimum absolute atomic E-state index is 0.00780. The summed E-state index contributed by atoms with van der Waals surface area (Å²) in [7, 11) is 1.75. The second-order valence-electron chi connectivity index (χ2n) is 10.7. The number of nitrogens with one attached hydrogen (secondary N) is 1. The molecule has 1 unspecified atom stereocenters. The number of benzene rings is 2. The molecule has 2 N–H and O–H groups in total. The highest BCUT2D eigenvalue weighted by Gasteiger charge is 2.42. The number of carbonyl (C=O) groups excluding carboxylic acids is 2. The number of oxazole rings is 1. The number of hydrogen-bond donors (Lipinski definition) is 2. The molecule has 2 fully saturated rings. The average Bonchev–Trinajstić information content (AvgIpc) is 3.66. The maximum atomic E-state index is 13.6. The molecular weight excluding hydrogens is 553 g/mol. The van der Waals surface area contributed by atoms with Crippen LogP contribution in [0.4, 0.5) is 24.5 Å². The van der Waals surface area contributed by atoms with Gasteiger partial charge in [0.15, 0.2) is 5.69 Å². The first-order chi connectivity index (χ1) is 20.0. The quantitative estimate of drug-likeness (QED) is 0.375. The Hall–Kier alpha value is -4.35. The third kappa shape index (κ3) is 6.12. The van der Waals surface area contributed by atoms with Gasteiger partial charge >= 0.3 is 12.1 Å². The summed E-state index contributed by atoms with van der Waals surface area (Å²) >= 11 is 0. The molecule has 222 valence electrons. The van der Waals surface area contributed by atoms with E-state index in [1.54, 1.807) is 54.4 Å². The number of nitrogens with zero attached hydrogens (tertiary/aromatic N) is 3. The molecule has 42 heavy (non-hydrogen) atoms. The van der Waals surface area contributed by atoms with Gasteiger partial charge in [-0.2, -0.15) is 13.2 Å². The highest BCUT2D eigenvalue weighted by molar-refractivity contribution is 6.04. The number of rotatable bonds is 7. The number of carbonyl (C=O) groups is 3. The van der Waals surface area contributed by atoms with Crippen LogP contribution in [0.25, 0.3) is 11.5 Å². The molecule has 0 bridgehead atoms. The first-order valence-electron chi connectivity index (χ1n) is 13.8. The van der Waals surface area contributed by atoms with E-state index < -0.39 is 41.3 Å². The topological polar surface area (TPSA) is 116 Å². The maximum absolute atomic E-state index is 13.6. The van der Waals surface area contributed by atoms with Crippen molar-refractivity contribution >= 4 is 29.2 Å². The molecule has 1 saturated carbocycles. The summed E-state index contributed by atoms with van der Waals surface area (Å²) in [5.41, 5.74) is 0.629. The van der Waals surface area contributed by atoms with Gasteiger partial charge in [-0.3, -0.25) is 14.4 Å². The van der Waals surface area contributed by atoms with Gasteiger partial charge in [0.25, 0.3) is 5.91 Å². The summed E-state index contributed by atoms with van der Waals surface area (Å²) in [6, 6.07) is 14.8. The third-order valence-electron chi connectivity index (χ3n) is 8.12. The van der Waals surface area contributed by atoms with Gasteiger partial charge in [0, 0.05) is 43.1 Å². The fourth-order valence-corrected chi connectivity index (χ4v) is 5.82. The van der Waals surface area contributed by atoms with Crippen molar-refractivity contribution in [3.8, 4) is 11.5 Å². The molecule has 9 nitrogen and oxygen atoms in total. The van der Waals surface area contributed by atoms with Gasteiger partial charge in [-0.25, -0.2) is 4.98 Å². The Kier molecular flexibility index (Phi) is 8.24. The minimum atomic E-state index is -4.91. The Morgan fingerprint density at radius 1 is 0.976 bits per heavy atom. The third-order valence-corrected chi connectivity index (χ3v) is 8.12. The van der Waals surface area contributed by atoms with Crippen LogP contribution in [0.15, 0.2) is 59.0 Å². The summed E-state index contributed by atoms with van der Waals surface area (Å²) in [5.74, 6) is -4.90. The molecule has 0 radical (unpaired) electrons. The second-order valence-corrected chi connectivity index (χ2v) is 10.7. The van der Waals surface area contributed by atoms with E-state index >= 15 is 0 Å². The second kappa shape index (κ2) is 11.9. The molecular formula is C30H31F3N4O5. The van der Waals surface area contributed by atoms with Gasteiger partial charge in [-0.15, -0.1) is 0 Å². The van der Waals surface area contributed by atoms with Gasteiger partial charge in [0.1, 0.15) is 0 Å². The highest BCUT2D eigenvalue weighted by atomic mass is 19.4. The first kappa shape index (κ1) is 29.2. The molecule has 2 aliphatic rings. The standard InChI is InChI=1S/C30H31F3N4O5/c1-36(28(39)22-8-5-9-23(22)29(40)41)20-14-16-37(17-15-20)21-12-10-19(11-13-21)34-26(38)24-25(30(31,32)33)42-27(35-24)18-6-3-2-4-7-18/h2-4,6-7,10-13,20,22-23H,5,8-9,14-17H2,1H3,(H,34,38)(H,40,41)/t22?,23-/m1/s1. The van der Waals surface area contributed by atoms with Crippen molar-refractivity contribution in [2.45, 2.75) is 44.3 Å². The van der Waals surface area contributed by atoms with Crippen molar-refractivity contribution in [3.05, 3.63) is 66.1 Å².